The van der Waals surface area contributed by atoms with Crippen LogP contribution in [0.3, 0.4) is 0 Å². The van der Waals surface area contributed by atoms with Gasteiger partial charge in [-0.05, 0) is 41.1 Å². The highest BCUT2D eigenvalue weighted by Gasteiger charge is 2.16. The van der Waals surface area contributed by atoms with Gasteiger partial charge in [-0.1, -0.05) is 56.1 Å². The standard InChI is InChI=1S/C17H11Br2NO/c18-15-8-6-13(11-3-1-2-4-12(11)15)17(21)14-9-10(20)5-7-16(14)19/h1-9H,20H2. The minimum atomic E-state index is -0.0436. The second-order valence-electron chi connectivity index (χ2n) is 4.71. The minimum absolute atomic E-state index is 0.0436. The zero-order valence-corrected chi connectivity index (χ0v) is 14.1. The Morgan fingerprint density at radius 1 is 0.810 bits per heavy atom. The predicted octanol–water partition coefficient (Wildman–Crippen LogP) is 5.18. The maximum atomic E-state index is 12.8. The lowest BCUT2D eigenvalue weighted by atomic mass is 9.97. The molecule has 3 aromatic rings. The number of nitrogens with two attached hydrogens (primary N) is 1. The third kappa shape index (κ3) is 2.61. The van der Waals surface area contributed by atoms with E-state index < -0.39 is 0 Å². The second-order valence-corrected chi connectivity index (χ2v) is 6.42. The van der Waals surface area contributed by atoms with Gasteiger partial charge < -0.3 is 5.73 Å². The summed E-state index contributed by atoms with van der Waals surface area (Å²) in [6, 6.07) is 16.8. The molecule has 0 aliphatic heterocycles. The van der Waals surface area contributed by atoms with Crippen molar-refractivity contribution in [3.8, 4) is 0 Å². The second kappa shape index (κ2) is 5.62. The SMILES string of the molecule is Nc1ccc(Br)c(C(=O)c2ccc(Br)c3ccccc23)c1. The molecule has 2 nitrogen and oxygen atoms in total. The fraction of sp³-hybridized carbons (Fsp3) is 0. The molecule has 104 valence electrons. The Hall–Kier alpha value is -1.65. The smallest absolute Gasteiger partial charge is 0.194 e. The van der Waals surface area contributed by atoms with E-state index in [2.05, 4.69) is 31.9 Å². The van der Waals surface area contributed by atoms with Crippen molar-refractivity contribution in [3.05, 3.63) is 74.7 Å². The summed E-state index contributed by atoms with van der Waals surface area (Å²) in [6.45, 7) is 0. The summed E-state index contributed by atoms with van der Waals surface area (Å²) < 4.78 is 1.72. The summed E-state index contributed by atoms with van der Waals surface area (Å²) in [6.07, 6.45) is 0. The van der Waals surface area contributed by atoms with E-state index in [-0.39, 0.29) is 5.78 Å². The van der Waals surface area contributed by atoms with Crippen LogP contribution in [0.4, 0.5) is 5.69 Å². The van der Waals surface area contributed by atoms with Crippen LogP contribution < -0.4 is 5.73 Å². The van der Waals surface area contributed by atoms with Gasteiger partial charge in [-0.2, -0.15) is 0 Å². The van der Waals surface area contributed by atoms with E-state index in [0.717, 1.165) is 19.7 Å². The van der Waals surface area contributed by atoms with Crippen molar-refractivity contribution in [2.45, 2.75) is 0 Å². The summed E-state index contributed by atoms with van der Waals surface area (Å²) in [4.78, 5) is 12.8. The molecule has 0 aromatic heterocycles. The highest BCUT2D eigenvalue weighted by molar-refractivity contribution is 9.11. The van der Waals surface area contributed by atoms with Crippen molar-refractivity contribution < 1.29 is 4.79 Å². The Balaban J connectivity index is 2.23. The first-order chi connectivity index (χ1) is 10.1. The van der Waals surface area contributed by atoms with E-state index in [1.807, 2.05) is 36.4 Å². The highest BCUT2D eigenvalue weighted by atomic mass is 79.9. The molecule has 4 heteroatoms. The van der Waals surface area contributed by atoms with Crippen LogP contribution in [-0.4, -0.2) is 5.78 Å². The topological polar surface area (TPSA) is 43.1 Å². The van der Waals surface area contributed by atoms with Gasteiger partial charge in [0, 0.05) is 25.8 Å². The predicted molar refractivity (Wildman–Crippen MR) is 93.6 cm³/mol. The Bertz CT molecular complexity index is 859. The minimum Gasteiger partial charge on any atom is -0.399 e. The van der Waals surface area contributed by atoms with E-state index in [1.54, 1.807) is 18.2 Å². The molecule has 0 unspecified atom stereocenters. The Morgan fingerprint density at radius 2 is 1.48 bits per heavy atom. The third-order valence-corrected chi connectivity index (χ3v) is 4.73. The lowest BCUT2D eigenvalue weighted by Crippen LogP contribution is -2.04. The molecule has 0 bridgehead atoms. The van der Waals surface area contributed by atoms with Crippen LogP contribution in [0.2, 0.25) is 0 Å². The van der Waals surface area contributed by atoms with Crippen LogP contribution >= 0.6 is 31.9 Å². The van der Waals surface area contributed by atoms with Crippen LogP contribution in [-0.2, 0) is 0 Å². The number of fused-ring (bicyclic) bond motifs is 1. The van der Waals surface area contributed by atoms with E-state index in [9.17, 15) is 4.79 Å². The molecule has 0 heterocycles. The first-order valence-corrected chi connectivity index (χ1v) is 7.93. The summed E-state index contributed by atoms with van der Waals surface area (Å²) in [7, 11) is 0. The molecule has 0 aliphatic carbocycles. The lowest BCUT2D eigenvalue weighted by Gasteiger charge is -2.09. The van der Waals surface area contributed by atoms with E-state index >= 15 is 0 Å². The summed E-state index contributed by atoms with van der Waals surface area (Å²) in [5.74, 6) is -0.0436. The molecule has 0 saturated heterocycles. The number of rotatable bonds is 2. The molecular weight excluding hydrogens is 394 g/mol. The lowest BCUT2D eigenvalue weighted by molar-refractivity contribution is 0.103. The number of carbonyl (C=O) groups is 1. The number of nitrogen functional groups attached to an aromatic ring is 1. The quantitative estimate of drug-likeness (QED) is 0.472. The zero-order valence-electron chi connectivity index (χ0n) is 10.9. The van der Waals surface area contributed by atoms with Crippen LogP contribution in [0.1, 0.15) is 15.9 Å². The number of anilines is 1. The van der Waals surface area contributed by atoms with E-state index in [4.69, 9.17) is 5.73 Å². The molecule has 0 saturated carbocycles. The number of ketones is 1. The van der Waals surface area contributed by atoms with Gasteiger partial charge >= 0.3 is 0 Å². The van der Waals surface area contributed by atoms with Crippen molar-refractivity contribution in [2.75, 3.05) is 5.73 Å². The monoisotopic (exact) mass is 403 g/mol. The van der Waals surface area contributed by atoms with Gasteiger partial charge in [0.2, 0.25) is 0 Å². The maximum absolute atomic E-state index is 12.8. The van der Waals surface area contributed by atoms with E-state index in [1.165, 1.54) is 0 Å². The molecular formula is C17H11Br2NO. The van der Waals surface area contributed by atoms with Crippen LogP contribution in [0.15, 0.2) is 63.5 Å². The fourth-order valence-corrected chi connectivity index (χ4v) is 3.23. The number of benzene rings is 3. The van der Waals surface area contributed by atoms with Crippen molar-refractivity contribution in [2.24, 2.45) is 0 Å². The normalized spacial score (nSPS) is 10.8. The Kier molecular flexibility index (Phi) is 3.83. The number of hydrogen-bond acceptors (Lipinski definition) is 2. The number of carbonyl (C=O) groups excluding carboxylic acids is 1. The van der Waals surface area contributed by atoms with Crippen LogP contribution in [0.5, 0.6) is 0 Å². The maximum Gasteiger partial charge on any atom is 0.194 e. The molecule has 21 heavy (non-hydrogen) atoms. The summed E-state index contributed by atoms with van der Waals surface area (Å²) in [5.41, 5.74) is 7.61. The van der Waals surface area contributed by atoms with Gasteiger partial charge in [0.05, 0.1) is 0 Å². The molecule has 0 aliphatic rings. The largest absolute Gasteiger partial charge is 0.399 e. The van der Waals surface area contributed by atoms with E-state index in [0.29, 0.717) is 16.8 Å². The average Bonchev–Trinajstić information content (AvgIpc) is 2.50. The zero-order chi connectivity index (χ0) is 15.0. The van der Waals surface area contributed by atoms with Crippen molar-refractivity contribution in [3.63, 3.8) is 0 Å². The van der Waals surface area contributed by atoms with Gasteiger partial charge in [0.15, 0.2) is 5.78 Å². The molecule has 0 radical (unpaired) electrons. The molecule has 3 aromatic carbocycles. The Morgan fingerprint density at radius 3 is 2.24 bits per heavy atom. The third-order valence-electron chi connectivity index (χ3n) is 3.35. The molecule has 0 spiro atoms. The van der Waals surface area contributed by atoms with Gasteiger partial charge in [-0.3, -0.25) is 4.79 Å². The number of hydrogen-bond donors (Lipinski definition) is 1. The first kappa shape index (κ1) is 14.3. The first-order valence-electron chi connectivity index (χ1n) is 6.35. The van der Waals surface area contributed by atoms with Gasteiger partial charge in [-0.15, -0.1) is 0 Å². The Labute approximate surface area is 139 Å². The summed E-state index contributed by atoms with van der Waals surface area (Å²) in [5, 5.41) is 1.94. The van der Waals surface area contributed by atoms with Crippen LogP contribution in [0.25, 0.3) is 10.8 Å². The molecule has 3 rings (SSSR count). The highest BCUT2D eigenvalue weighted by Crippen LogP contribution is 2.30. The molecule has 2 N–H and O–H groups in total. The summed E-state index contributed by atoms with van der Waals surface area (Å²) >= 11 is 6.94. The van der Waals surface area contributed by atoms with Gasteiger partial charge in [0.1, 0.15) is 0 Å². The van der Waals surface area contributed by atoms with Crippen molar-refractivity contribution in [1.29, 1.82) is 0 Å². The molecule has 0 amide bonds. The van der Waals surface area contributed by atoms with Gasteiger partial charge in [-0.25, -0.2) is 0 Å². The van der Waals surface area contributed by atoms with Crippen molar-refractivity contribution in [1.82, 2.24) is 0 Å². The van der Waals surface area contributed by atoms with Gasteiger partial charge in [0.25, 0.3) is 0 Å². The average molecular weight is 405 g/mol. The fourth-order valence-electron chi connectivity index (χ4n) is 2.32. The van der Waals surface area contributed by atoms with Crippen LogP contribution in [0, 0.1) is 0 Å². The molecule has 0 atom stereocenters. The molecule has 0 fully saturated rings. The van der Waals surface area contributed by atoms with Crippen molar-refractivity contribution >= 4 is 54.1 Å². The number of halogens is 2.